The molecule has 0 aromatic carbocycles. The van der Waals surface area contributed by atoms with Crippen LogP contribution in [-0.2, 0) is 6.54 Å². The molecule has 0 spiro atoms. The Morgan fingerprint density at radius 2 is 2.27 bits per heavy atom. The largest absolute Gasteiger partial charge is 0.472 e. The molecule has 1 fully saturated rings. The quantitative estimate of drug-likeness (QED) is 0.796. The molecule has 0 radical (unpaired) electrons. The third kappa shape index (κ3) is 2.83. The van der Waals surface area contributed by atoms with Crippen LogP contribution in [0.4, 0.5) is 0 Å². The van der Waals surface area contributed by atoms with Gasteiger partial charge in [0.1, 0.15) is 0 Å². The van der Waals surface area contributed by atoms with Crippen LogP contribution in [0.5, 0.6) is 0 Å². The van der Waals surface area contributed by atoms with Crippen molar-refractivity contribution in [3.63, 3.8) is 0 Å². The van der Waals surface area contributed by atoms with Gasteiger partial charge in [-0.15, -0.1) is 0 Å². The predicted octanol–water partition coefficient (Wildman–Crippen LogP) is 1.92. The molecule has 1 aromatic rings. The monoisotopic (exact) mass is 209 g/mol. The number of rotatable bonds is 4. The first-order valence-corrected chi connectivity index (χ1v) is 5.75. The van der Waals surface area contributed by atoms with E-state index in [-0.39, 0.29) is 0 Å². The summed E-state index contributed by atoms with van der Waals surface area (Å²) in [5.41, 5.74) is 1.18. The summed E-state index contributed by atoms with van der Waals surface area (Å²) in [6, 6.07) is 2.45. The SMILES string of the molecule is OCC1CCCCC1NCc1ccoc1. The van der Waals surface area contributed by atoms with Crippen LogP contribution in [0.3, 0.4) is 0 Å². The fourth-order valence-electron chi connectivity index (χ4n) is 2.34. The van der Waals surface area contributed by atoms with Gasteiger partial charge in [-0.3, -0.25) is 0 Å². The lowest BCUT2D eigenvalue weighted by atomic mass is 9.85. The van der Waals surface area contributed by atoms with Crippen LogP contribution in [0.25, 0.3) is 0 Å². The Bertz CT molecular complexity index is 271. The first-order valence-electron chi connectivity index (χ1n) is 5.75. The second-order valence-corrected chi connectivity index (χ2v) is 4.35. The van der Waals surface area contributed by atoms with E-state index in [1.165, 1.54) is 24.8 Å². The van der Waals surface area contributed by atoms with E-state index in [4.69, 9.17) is 4.42 Å². The standard InChI is InChI=1S/C12H19NO2/c14-8-11-3-1-2-4-12(11)13-7-10-5-6-15-9-10/h5-6,9,11-14H,1-4,7-8H2. The van der Waals surface area contributed by atoms with Gasteiger partial charge in [0.15, 0.2) is 0 Å². The van der Waals surface area contributed by atoms with Crippen molar-refractivity contribution in [2.45, 2.75) is 38.3 Å². The molecule has 1 aromatic heterocycles. The third-order valence-corrected chi connectivity index (χ3v) is 3.29. The van der Waals surface area contributed by atoms with Crippen LogP contribution in [-0.4, -0.2) is 17.8 Å². The summed E-state index contributed by atoms with van der Waals surface area (Å²) in [6.07, 6.45) is 8.34. The molecule has 1 heterocycles. The summed E-state index contributed by atoms with van der Waals surface area (Å²) >= 11 is 0. The van der Waals surface area contributed by atoms with E-state index < -0.39 is 0 Å². The zero-order chi connectivity index (χ0) is 10.5. The summed E-state index contributed by atoms with van der Waals surface area (Å²) < 4.78 is 5.02. The second kappa shape index (κ2) is 5.33. The van der Waals surface area contributed by atoms with E-state index in [0.717, 1.165) is 13.0 Å². The van der Waals surface area contributed by atoms with Crippen molar-refractivity contribution >= 4 is 0 Å². The van der Waals surface area contributed by atoms with E-state index in [1.807, 2.05) is 6.07 Å². The minimum Gasteiger partial charge on any atom is -0.472 e. The van der Waals surface area contributed by atoms with E-state index in [9.17, 15) is 5.11 Å². The van der Waals surface area contributed by atoms with Gasteiger partial charge in [-0.1, -0.05) is 12.8 Å². The van der Waals surface area contributed by atoms with Gasteiger partial charge in [0.05, 0.1) is 12.5 Å². The molecule has 1 aliphatic carbocycles. The number of aliphatic hydroxyl groups excluding tert-OH is 1. The first kappa shape index (κ1) is 10.7. The van der Waals surface area contributed by atoms with Gasteiger partial charge in [-0.25, -0.2) is 0 Å². The molecule has 2 atom stereocenters. The van der Waals surface area contributed by atoms with Gasteiger partial charge in [-0.2, -0.15) is 0 Å². The zero-order valence-electron chi connectivity index (χ0n) is 8.98. The minimum absolute atomic E-state index is 0.309. The van der Waals surface area contributed by atoms with Crippen molar-refractivity contribution in [3.8, 4) is 0 Å². The molecular formula is C12H19NO2. The highest BCUT2D eigenvalue weighted by molar-refractivity contribution is 5.05. The smallest absolute Gasteiger partial charge is 0.0947 e. The van der Waals surface area contributed by atoms with Crippen molar-refractivity contribution in [1.82, 2.24) is 5.32 Å². The molecular weight excluding hydrogens is 190 g/mol. The van der Waals surface area contributed by atoms with Crippen LogP contribution in [0.2, 0.25) is 0 Å². The molecule has 2 N–H and O–H groups in total. The topological polar surface area (TPSA) is 45.4 Å². The van der Waals surface area contributed by atoms with Gasteiger partial charge < -0.3 is 14.8 Å². The Labute approximate surface area is 90.5 Å². The number of aliphatic hydroxyl groups is 1. The Kier molecular flexibility index (Phi) is 3.80. The summed E-state index contributed by atoms with van der Waals surface area (Å²) in [6.45, 7) is 1.15. The average molecular weight is 209 g/mol. The van der Waals surface area contributed by atoms with Crippen molar-refractivity contribution in [1.29, 1.82) is 0 Å². The molecule has 0 aliphatic heterocycles. The van der Waals surface area contributed by atoms with Crippen molar-refractivity contribution in [2.24, 2.45) is 5.92 Å². The fraction of sp³-hybridized carbons (Fsp3) is 0.667. The number of hydrogen-bond donors (Lipinski definition) is 2. The summed E-state index contributed by atoms with van der Waals surface area (Å²) in [4.78, 5) is 0. The highest BCUT2D eigenvalue weighted by atomic mass is 16.3. The molecule has 0 amide bonds. The van der Waals surface area contributed by atoms with Crippen LogP contribution in [0, 0.1) is 5.92 Å². The summed E-state index contributed by atoms with van der Waals surface area (Å²) in [7, 11) is 0. The maximum atomic E-state index is 9.26. The van der Waals surface area contributed by atoms with Gasteiger partial charge in [0, 0.05) is 24.8 Å². The number of hydrogen-bond acceptors (Lipinski definition) is 3. The lowest BCUT2D eigenvalue weighted by Crippen LogP contribution is -2.39. The molecule has 3 nitrogen and oxygen atoms in total. The summed E-state index contributed by atoms with van der Waals surface area (Å²) in [5, 5.41) is 12.8. The van der Waals surface area contributed by atoms with E-state index in [1.54, 1.807) is 12.5 Å². The second-order valence-electron chi connectivity index (χ2n) is 4.35. The molecule has 1 aliphatic rings. The number of nitrogens with one attached hydrogen (secondary N) is 1. The van der Waals surface area contributed by atoms with Crippen molar-refractivity contribution in [3.05, 3.63) is 24.2 Å². The van der Waals surface area contributed by atoms with Gasteiger partial charge in [-0.05, 0) is 24.8 Å². The third-order valence-electron chi connectivity index (χ3n) is 3.29. The molecule has 0 saturated heterocycles. The highest BCUT2D eigenvalue weighted by Crippen LogP contribution is 2.24. The molecule has 15 heavy (non-hydrogen) atoms. The van der Waals surface area contributed by atoms with Crippen molar-refractivity contribution in [2.75, 3.05) is 6.61 Å². The molecule has 84 valence electrons. The molecule has 1 saturated carbocycles. The van der Waals surface area contributed by atoms with E-state index in [0.29, 0.717) is 18.6 Å². The van der Waals surface area contributed by atoms with Crippen LogP contribution < -0.4 is 5.32 Å². The van der Waals surface area contributed by atoms with Crippen molar-refractivity contribution < 1.29 is 9.52 Å². The lowest BCUT2D eigenvalue weighted by Gasteiger charge is -2.30. The maximum Gasteiger partial charge on any atom is 0.0947 e. The Balaban J connectivity index is 1.81. The minimum atomic E-state index is 0.309. The van der Waals surface area contributed by atoms with Gasteiger partial charge in [0.2, 0.25) is 0 Å². The number of furan rings is 1. The average Bonchev–Trinajstić information content (AvgIpc) is 2.79. The Hall–Kier alpha value is -0.800. The molecule has 3 heteroatoms. The molecule has 0 bridgehead atoms. The van der Waals surface area contributed by atoms with Crippen LogP contribution in [0.1, 0.15) is 31.2 Å². The Morgan fingerprint density at radius 3 is 3.00 bits per heavy atom. The van der Waals surface area contributed by atoms with E-state index >= 15 is 0 Å². The van der Waals surface area contributed by atoms with E-state index in [2.05, 4.69) is 5.32 Å². The van der Waals surface area contributed by atoms with Crippen LogP contribution >= 0.6 is 0 Å². The lowest BCUT2D eigenvalue weighted by molar-refractivity contribution is 0.152. The zero-order valence-corrected chi connectivity index (χ0v) is 8.98. The molecule has 2 rings (SSSR count). The molecule has 2 unspecified atom stereocenters. The fourth-order valence-corrected chi connectivity index (χ4v) is 2.34. The highest BCUT2D eigenvalue weighted by Gasteiger charge is 2.23. The maximum absolute atomic E-state index is 9.26. The van der Waals surface area contributed by atoms with Crippen LogP contribution in [0.15, 0.2) is 23.0 Å². The normalized spacial score (nSPS) is 26.7. The van der Waals surface area contributed by atoms with Gasteiger partial charge in [0.25, 0.3) is 0 Å². The van der Waals surface area contributed by atoms with Gasteiger partial charge >= 0.3 is 0 Å². The summed E-state index contributed by atoms with van der Waals surface area (Å²) in [5.74, 6) is 0.436. The Morgan fingerprint density at radius 1 is 1.40 bits per heavy atom. The predicted molar refractivity (Wildman–Crippen MR) is 58.4 cm³/mol. The first-order chi connectivity index (χ1) is 7.40.